The lowest BCUT2D eigenvalue weighted by Crippen LogP contribution is -2.31. The molecule has 1 aliphatic carbocycles. The second-order valence-electron chi connectivity index (χ2n) is 6.45. The summed E-state index contributed by atoms with van der Waals surface area (Å²) in [6.07, 6.45) is 4.75. The Morgan fingerprint density at radius 1 is 1.29 bits per heavy atom. The van der Waals surface area contributed by atoms with E-state index in [1.807, 2.05) is 26.0 Å². The van der Waals surface area contributed by atoms with Gasteiger partial charge in [-0.05, 0) is 50.3 Å². The maximum Gasteiger partial charge on any atom is 0.257 e. The number of hydrogen-bond donors (Lipinski definition) is 1. The molecule has 1 atom stereocenters. The Kier molecular flexibility index (Phi) is 3.56. The maximum absolute atomic E-state index is 12.8. The van der Waals surface area contributed by atoms with Gasteiger partial charge in [0.15, 0.2) is 5.65 Å². The van der Waals surface area contributed by atoms with E-state index >= 15 is 0 Å². The van der Waals surface area contributed by atoms with Crippen LogP contribution in [0.5, 0.6) is 0 Å². The number of hydrogen-bond acceptors (Lipinski definition) is 3. The minimum absolute atomic E-state index is 0.0586. The first-order valence-electron chi connectivity index (χ1n) is 8.34. The summed E-state index contributed by atoms with van der Waals surface area (Å²) in [6.45, 7) is 3.90. The summed E-state index contributed by atoms with van der Waals surface area (Å²) in [5.41, 5.74) is 5.57. The first-order chi connectivity index (χ1) is 11.6. The van der Waals surface area contributed by atoms with Crippen molar-refractivity contribution in [1.82, 2.24) is 19.9 Å². The monoisotopic (exact) mass is 320 g/mol. The average molecular weight is 320 g/mol. The number of amides is 1. The van der Waals surface area contributed by atoms with Crippen LogP contribution < -0.4 is 5.32 Å². The highest BCUT2D eigenvalue weighted by molar-refractivity contribution is 5.99. The molecule has 5 nitrogen and oxygen atoms in total. The molecule has 24 heavy (non-hydrogen) atoms. The summed E-state index contributed by atoms with van der Waals surface area (Å²) in [5.74, 6) is -0.107. The van der Waals surface area contributed by atoms with E-state index in [0.717, 1.165) is 30.7 Å². The molecule has 0 spiro atoms. The van der Waals surface area contributed by atoms with Gasteiger partial charge in [-0.1, -0.05) is 24.3 Å². The molecule has 4 rings (SSSR count). The van der Waals surface area contributed by atoms with Gasteiger partial charge in [-0.3, -0.25) is 4.79 Å². The molecule has 1 amide bonds. The van der Waals surface area contributed by atoms with Crippen LogP contribution >= 0.6 is 0 Å². The molecule has 0 fully saturated rings. The summed E-state index contributed by atoms with van der Waals surface area (Å²) in [5, 5.41) is 7.49. The molecule has 5 heteroatoms. The van der Waals surface area contributed by atoms with Gasteiger partial charge < -0.3 is 5.32 Å². The summed E-state index contributed by atoms with van der Waals surface area (Å²) in [4.78, 5) is 17.3. The van der Waals surface area contributed by atoms with Crippen molar-refractivity contribution < 1.29 is 4.79 Å². The Bertz CT molecular complexity index is 928. The van der Waals surface area contributed by atoms with Gasteiger partial charge >= 0.3 is 0 Å². The van der Waals surface area contributed by atoms with Crippen LogP contribution in [0, 0.1) is 13.8 Å². The lowest BCUT2D eigenvalue weighted by atomic mass is 9.87. The molecule has 2 aromatic heterocycles. The number of carbonyl (C=O) groups is 1. The van der Waals surface area contributed by atoms with Gasteiger partial charge in [-0.2, -0.15) is 5.10 Å². The SMILES string of the molecule is Cc1cc(C)n2ncc(C(=O)NC3CCCc4ccccc43)c2n1. The minimum atomic E-state index is -0.107. The van der Waals surface area contributed by atoms with Gasteiger partial charge in [-0.25, -0.2) is 9.50 Å². The zero-order valence-electron chi connectivity index (χ0n) is 13.9. The summed E-state index contributed by atoms with van der Waals surface area (Å²) in [6, 6.07) is 10.4. The summed E-state index contributed by atoms with van der Waals surface area (Å²) < 4.78 is 1.72. The van der Waals surface area contributed by atoms with E-state index in [0.29, 0.717) is 11.2 Å². The molecule has 0 saturated heterocycles. The zero-order valence-corrected chi connectivity index (χ0v) is 13.9. The van der Waals surface area contributed by atoms with Crippen LogP contribution in [0.2, 0.25) is 0 Å². The van der Waals surface area contributed by atoms with Crippen LogP contribution in [0.25, 0.3) is 5.65 Å². The van der Waals surface area contributed by atoms with E-state index in [1.165, 1.54) is 11.1 Å². The lowest BCUT2D eigenvalue weighted by Gasteiger charge is -2.26. The van der Waals surface area contributed by atoms with Crippen molar-refractivity contribution in [1.29, 1.82) is 0 Å². The topological polar surface area (TPSA) is 59.3 Å². The maximum atomic E-state index is 12.8. The van der Waals surface area contributed by atoms with Gasteiger partial charge in [0.1, 0.15) is 5.56 Å². The fourth-order valence-corrected chi connectivity index (χ4v) is 3.57. The Morgan fingerprint density at radius 2 is 2.12 bits per heavy atom. The molecule has 0 aliphatic heterocycles. The van der Waals surface area contributed by atoms with E-state index in [1.54, 1.807) is 10.7 Å². The van der Waals surface area contributed by atoms with Crippen molar-refractivity contribution in [3.63, 3.8) is 0 Å². The van der Waals surface area contributed by atoms with Crippen molar-refractivity contribution in [3.05, 3.63) is 64.6 Å². The van der Waals surface area contributed by atoms with Gasteiger partial charge in [0.05, 0.1) is 12.2 Å². The van der Waals surface area contributed by atoms with Crippen molar-refractivity contribution in [3.8, 4) is 0 Å². The summed E-state index contributed by atoms with van der Waals surface area (Å²) in [7, 11) is 0. The first kappa shape index (κ1) is 14.9. The third-order valence-electron chi connectivity index (χ3n) is 4.70. The Morgan fingerprint density at radius 3 is 3.00 bits per heavy atom. The third kappa shape index (κ3) is 2.46. The molecule has 3 aromatic rings. The van der Waals surface area contributed by atoms with Gasteiger partial charge in [0.25, 0.3) is 5.91 Å². The van der Waals surface area contributed by atoms with Gasteiger partial charge in [-0.15, -0.1) is 0 Å². The van der Waals surface area contributed by atoms with Crippen LogP contribution in [0.15, 0.2) is 36.5 Å². The largest absolute Gasteiger partial charge is 0.345 e. The van der Waals surface area contributed by atoms with Crippen LogP contribution in [0.1, 0.15) is 51.8 Å². The van der Waals surface area contributed by atoms with E-state index in [9.17, 15) is 4.79 Å². The zero-order chi connectivity index (χ0) is 16.7. The summed E-state index contributed by atoms with van der Waals surface area (Å²) >= 11 is 0. The highest BCUT2D eigenvalue weighted by Gasteiger charge is 2.23. The van der Waals surface area contributed by atoms with Gasteiger partial charge in [0, 0.05) is 11.4 Å². The van der Waals surface area contributed by atoms with Crippen LogP contribution in [0.3, 0.4) is 0 Å². The van der Waals surface area contributed by atoms with Crippen LogP contribution in [-0.2, 0) is 6.42 Å². The number of aromatic nitrogens is 3. The smallest absolute Gasteiger partial charge is 0.257 e. The minimum Gasteiger partial charge on any atom is -0.345 e. The number of nitrogens with one attached hydrogen (secondary N) is 1. The predicted molar refractivity (Wildman–Crippen MR) is 92.0 cm³/mol. The molecule has 0 saturated carbocycles. The predicted octanol–water partition coefficient (Wildman–Crippen LogP) is 3.15. The molecular weight excluding hydrogens is 300 g/mol. The second kappa shape index (κ2) is 5.74. The van der Waals surface area contributed by atoms with E-state index in [-0.39, 0.29) is 11.9 Å². The highest BCUT2D eigenvalue weighted by atomic mass is 16.1. The Balaban J connectivity index is 1.66. The van der Waals surface area contributed by atoms with Crippen molar-refractivity contribution >= 4 is 11.6 Å². The fraction of sp³-hybridized carbons (Fsp3) is 0.316. The third-order valence-corrected chi connectivity index (χ3v) is 4.70. The number of nitrogens with zero attached hydrogens (tertiary/aromatic N) is 3. The normalized spacial score (nSPS) is 16.8. The molecule has 1 aromatic carbocycles. The second-order valence-corrected chi connectivity index (χ2v) is 6.45. The van der Waals surface area contributed by atoms with Crippen LogP contribution in [0.4, 0.5) is 0 Å². The van der Waals surface area contributed by atoms with E-state index in [4.69, 9.17) is 0 Å². The Hall–Kier alpha value is -2.69. The first-order valence-corrected chi connectivity index (χ1v) is 8.34. The molecule has 122 valence electrons. The molecule has 0 radical (unpaired) electrons. The number of aryl methyl sites for hydroxylation is 3. The average Bonchev–Trinajstić information content (AvgIpc) is 2.99. The molecule has 2 heterocycles. The molecule has 1 unspecified atom stereocenters. The molecule has 0 bridgehead atoms. The number of rotatable bonds is 2. The Labute approximate surface area is 140 Å². The van der Waals surface area contributed by atoms with Crippen molar-refractivity contribution in [2.24, 2.45) is 0 Å². The van der Waals surface area contributed by atoms with E-state index in [2.05, 4.69) is 33.6 Å². The lowest BCUT2D eigenvalue weighted by molar-refractivity contribution is 0.0934. The number of carbonyl (C=O) groups excluding carboxylic acids is 1. The van der Waals surface area contributed by atoms with Crippen molar-refractivity contribution in [2.75, 3.05) is 0 Å². The standard InChI is InChI=1S/C19H20N4O/c1-12-10-13(2)23-18(21-12)16(11-20-23)19(24)22-17-9-5-7-14-6-3-4-8-15(14)17/h3-4,6,8,10-11,17H,5,7,9H2,1-2H3,(H,22,24). The van der Waals surface area contributed by atoms with Crippen molar-refractivity contribution in [2.45, 2.75) is 39.2 Å². The molecular formula is C19H20N4O. The van der Waals surface area contributed by atoms with E-state index < -0.39 is 0 Å². The fourth-order valence-electron chi connectivity index (χ4n) is 3.57. The number of fused-ring (bicyclic) bond motifs is 2. The number of benzene rings is 1. The van der Waals surface area contributed by atoms with Crippen LogP contribution in [-0.4, -0.2) is 20.5 Å². The highest BCUT2D eigenvalue weighted by Crippen LogP contribution is 2.29. The quantitative estimate of drug-likeness (QED) is 0.789. The molecule has 1 N–H and O–H groups in total. The molecule has 1 aliphatic rings. The van der Waals surface area contributed by atoms with Gasteiger partial charge in [0.2, 0.25) is 0 Å².